The maximum Gasteiger partial charge on any atom is 0.236 e. The molecule has 2 rings (SSSR count). The van der Waals surface area contributed by atoms with E-state index in [0.29, 0.717) is 10.7 Å². The van der Waals surface area contributed by atoms with E-state index in [1.54, 1.807) is 12.1 Å². The van der Waals surface area contributed by atoms with Crippen LogP contribution in [0.25, 0.3) is 0 Å². The number of rotatable bonds is 3. The summed E-state index contributed by atoms with van der Waals surface area (Å²) < 4.78 is 49.2. The molecule has 1 aliphatic rings. The zero-order valence-electron chi connectivity index (χ0n) is 10.3. The van der Waals surface area contributed by atoms with Crippen molar-refractivity contribution < 1.29 is 16.8 Å². The summed E-state index contributed by atoms with van der Waals surface area (Å²) in [7, 11) is -6.93. The maximum atomic E-state index is 12.1. The molecule has 0 radical (unpaired) electrons. The highest BCUT2D eigenvalue weighted by molar-refractivity contribution is 7.97. The Hall–Kier alpha value is -0.790. The summed E-state index contributed by atoms with van der Waals surface area (Å²) in [4.78, 5) is 0. The Kier molecular flexibility index (Phi) is 3.81. The molecule has 0 saturated carbocycles. The van der Waals surface area contributed by atoms with Gasteiger partial charge >= 0.3 is 0 Å². The second-order valence-corrected chi connectivity index (χ2v) is 9.23. The molecule has 1 aromatic rings. The van der Waals surface area contributed by atoms with Crippen molar-refractivity contribution in [3.8, 4) is 0 Å². The number of anilines is 1. The van der Waals surface area contributed by atoms with E-state index in [1.807, 2.05) is 6.92 Å². The standard InChI is InChI=1S/C11H14ClNO4S2/c1-8-2-3-9(6-11(8)12)13-19(16,17)10-4-5-18(14,15)7-10/h2-3,6,10,13H,4-5,7H2,1H3. The number of hydrogen-bond donors (Lipinski definition) is 1. The van der Waals surface area contributed by atoms with E-state index in [1.165, 1.54) is 6.07 Å². The van der Waals surface area contributed by atoms with Crippen LogP contribution in [0, 0.1) is 6.92 Å². The van der Waals surface area contributed by atoms with Gasteiger partial charge in [0.2, 0.25) is 10.0 Å². The first-order chi connectivity index (χ1) is 8.70. The number of halogens is 1. The molecule has 19 heavy (non-hydrogen) atoms. The van der Waals surface area contributed by atoms with Crippen LogP contribution >= 0.6 is 11.6 Å². The average Bonchev–Trinajstić information content (AvgIpc) is 2.65. The van der Waals surface area contributed by atoms with Crippen molar-refractivity contribution in [1.29, 1.82) is 0 Å². The second kappa shape index (κ2) is 4.96. The summed E-state index contributed by atoms with van der Waals surface area (Å²) in [6.07, 6.45) is 0.136. The van der Waals surface area contributed by atoms with E-state index in [-0.39, 0.29) is 17.9 Å². The lowest BCUT2D eigenvalue weighted by molar-refractivity contribution is 0.587. The molecule has 106 valence electrons. The van der Waals surface area contributed by atoms with E-state index in [4.69, 9.17) is 11.6 Å². The third-order valence-electron chi connectivity index (χ3n) is 3.06. The molecule has 1 aliphatic heterocycles. The molecular formula is C11H14ClNO4S2. The third kappa shape index (κ3) is 3.40. The van der Waals surface area contributed by atoms with Crippen molar-refractivity contribution in [2.75, 3.05) is 16.2 Å². The molecule has 0 amide bonds. The van der Waals surface area contributed by atoms with Gasteiger partial charge in [-0.15, -0.1) is 0 Å². The lowest BCUT2D eigenvalue weighted by Gasteiger charge is -2.13. The minimum Gasteiger partial charge on any atom is -0.283 e. The van der Waals surface area contributed by atoms with Gasteiger partial charge in [-0.1, -0.05) is 17.7 Å². The van der Waals surface area contributed by atoms with E-state index >= 15 is 0 Å². The molecule has 1 fully saturated rings. The number of benzene rings is 1. The monoisotopic (exact) mass is 323 g/mol. The third-order valence-corrected chi connectivity index (χ3v) is 7.25. The molecule has 1 heterocycles. The number of sulfone groups is 1. The molecule has 0 spiro atoms. The lowest BCUT2D eigenvalue weighted by atomic mass is 10.2. The van der Waals surface area contributed by atoms with E-state index in [0.717, 1.165) is 5.56 Å². The van der Waals surface area contributed by atoms with Crippen LogP contribution in [0.4, 0.5) is 5.69 Å². The van der Waals surface area contributed by atoms with Gasteiger partial charge in [-0.25, -0.2) is 16.8 Å². The zero-order chi connectivity index (χ0) is 14.3. The summed E-state index contributed by atoms with van der Waals surface area (Å²) in [6.45, 7) is 1.81. The first kappa shape index (κ1) is 14.6. The molecule has 8 heteroatoms. The van der Waals surface area contributed by atoms with Crippen LogP contribution in [-0.2, 0) is 19.9 Å². The van der Waals surface area contributed by atoms with Gasteiger partial charge in [0.05, 0.1) is 16.8 Å². The van der Waals surface area contributed by atoms with Gasteiger partial charge in [0.1, 0.15) is 0 Å². The van der Waals surface area contributed by atoms with Crippen LogP contribution in [-0.4, -0.2) is 33.6 Å². The highest BCUT2D eigenvalue weighted by Crippen LogP contribution is 2.24. The molecule has 0 aromatic heterocycles. The fourth-order valence-corrected chi connectivity index (χ4v) is 6.17. The Morgan fingerprint density at radius 2 is 2.05 bits per heavy atom. The Morgan fingerprint density at radius 3 is 2.58 bits per heavy atom. The Balaban J connectivity index is 2.20. The number of nitrogens with one attached hydrogen (secondary N) is 1. The summed E-state index contributed by atoms with van der Waals surface area (Å²) in [5.41, 5.74) is 1.19. The largest absolute Gasteiger partial charge is 0.283 e. The van der Waals surface area contributed by atoms with Crippen molar-refractivity contribution in [3.63, 3.8) is 0 Å². The normalized spacial score (nSPS) is 22.3. The molecule has 0 bridgehead atoms. The topological polar surface area (TPSA) is 80.3 Å². The van der Waals surface area contributed by atoms with Gasteiger partial charge in [-0.05, 0) is 31.0 Å². The van der Waals surface area contributed by atoms with Crippen molar-refractivity contribution in [2.45, 2.75) is 18.6 Å². The highest BCUT2D eigenvalue weighted by Gasteiger charge is 2.37. The minimum atomic E-state index is -3.70. The fraction of sp³-hybridized carbons (Fsp3) is 0.455. The SMILES string of the molecule is Cc1ccc(NS(=O)(=O)C2CCS(=O)(=O)C2)cc1Cl. The van der Waals surface area contributed by atoms with Crippen LogP contribution in [0.2, 0.25) is 5.02 Å². The quantitative estimate of drug-likeness (QED) is 0.915. The maximum absolute atomic E-state index is 12.1. The molecule has 1 N–H and O–H groups in total. The fourth-order valence-electron chi connectivity index (χ4n) is 1.91. The highest BCUT2D eigenvalue weighted by atomic mass is 35.5. The Bertz CT molecular complexity index is 697. The smallest absolute Gasteiger partial charge is 0.236 e. The molecule has 1 aromatic carbocycles. The van der Waals surface area contributed by atoms with Gasteiger partial charge < -0.3 is 0 Å². The van der Waals surface area contributed by atoms with Crippen LogP contribution in [0.1, 0.15) is 12.0 Å². The van der Waals surface area contributed by atoms with Gasteiger partial charge in [-0.3, -0.25) is 4.72 Å². The summed E-state index contributed by atoms with van der Waals surface area (Å²) in [6, 6.07) is 4.81. The number of hydrogen-bond acceptors (Lipinski definition) is 4. The van der Waals surface area contributed by atoms with Crippen LogP contribution in [0.5, 0.6) is 0 Å². The first-order valence-electron chi connectivity index (χ1n) is 5.68. The molecule has 1 unspecified atom stereocenters. The number of sulfonamides is 1. The van der Waals surface area contributed by atoms with Crippen LogP contribution in [0.15, 0.2) is 18.2 Å². The molecule has 1 atom stereocenters. The Morgan fingerprint density at radius 1 is 1.37 bits per heavy atom. The van der Waals surface area contributed by atoms with Crippen molar-refractivity contribution in [3.05, 3.63) is 28.8 Å². The minimum absolute atomic E-state index is 0.0762. The van der Waals surface area contributed by atoms with Crippen LogP contribution in [0.3, 0.4) is 0 Å². The predicted octanol–water partition coefficient (Wildman–Crippen LogP) is 1.58. The summed E-state index contributed by atoms with van der Waals surface area (Å²) >= 11 is 5.92. The van der Waals surface area contributed by atoms with Crippen molar-refractivity contribution in [2.24, 2.45) is 0 Å². The molecule has 0 aliphatic carbocycles. The average molecular weight is 324 g/mol. The summed E-state index contributed by atoms with van der Waals surface area (Å²) in [5.74, 6) is -0.394. The van der Waals surface area contributed by atoms with Crippen LogP contribution < -0.4 is 4.72 Å². The summed E-state index contributed by atoms with van der Waals surface area (Å²) in [5, 5.41) is -0.433. The lowest BCUT2D eigenvalue weighted by Crippen LogP contribution is -2.28. The van der Waals surface area contributed by atoms with Gasteiger partial charge in [0.15, 0.2) is 9.84 Å². The van der Waals surface area contributed by atoms with Crippen molar-refractivity contribution >= 4 is 37.1 Å². The molecule has 5 nitrogen and oxygen atoms in total. The molecule has 1 saturated heterocycles. The number of aryl methyl sites for hydroxylation is 1. The van der Waals surface area contributed by atoms with Gasteiger partial charge in [-0.2, -0.15) is 0 Å². The first-order valence-corrected chi connectivity index (χ1v) is 9.42. The van der Waals surface area contributed by atoms with Gasteiger partial charge in [0, 0.05) is 10.7 Å². The van der Waals surface area contributed by atoms with Crippen molar-refractivity contribution in [1.82, 2.24) is 0 Å². The van der Waals surface area contributed by atoms with E-state index in [2.05, 4.69) is 4.72 Å². The van der Waals surface area contributed by atoms with E-state index < -0.39 is 25.1 Å². The zero-order valence-corrected chi connectivity index (χ0v) is 12.6. The predicted molar refractivity (Wildman–Crippen MR) is 75.8 cm³/mol. The molecular weight excluding hydrogens is 310 g/mol. The second-order valence-electron chi connectivity index (χ2n) is 4.64. The Labute approximate surface area is 117 Å². The van der Waals surface area contributed by atoms with Gasteiger partial charge in [0.25, 0.3) is 0 Å². The van der Waals surface area contributed by atoms with E-state index in [9.17, 15) is 16.8 Å².